The summed E-state index contributed by atoms with van der Waals surface area (Å²) in [5, 5.41) is 0. The van der Waals surface area contributed by atoms with E-state index >= 15 is 0 Å². The highest BCUT2D eigenvalue weighted by Crippen LogP contribution is 2.30. The topological polar surface area (TPSA) is 0 Å². The van der Waals surface area contributed by atoms with Gasteiger partial charge < -0.3 is 0 Å². The summed E-state index contributed by atoms with van der Waals surface area (Å²) >= 11 is 0. The minimum absolute atomic E-state index is 0.0827. The lowest BCUT2D eigenvalue weighted by Gasteiger charge is -2.17. The molecule has 0 saturated heterocycles. The smallest absolute Gasteiger partial charge is 0.247 e. The van der Waals surface area contributed by atoms with E-state index in [-0.39, 0.29) is 6.42 Å². The maximum absolute atomic E-state index is 12.3. The van der Waals surface area contributed by atoms with Crippen molar-refractivity contribution in [2.45, 2.75) is 32.6 Å². The van der Waals surface area contributed by atoms with Crippen molar-refractivity contribution >= 4 is 0 Å². The van der Waals surface area contributed by atoms with Crippen molar-refractivity contribution in [1.29, 1.82) is 0 Å². The Morgan fingerprint density at radius 1 is 1.30 bits per heavy atom. The van der Waals surface area contributed by atoms with Crippen molar-refractivity contribution in [2.24, 2.45) is 5.92 Å². The highest BCUT2D eigenvalue weighted by atomic mass is 19.4. The number of alkyl halides is 4. The van der Waals surface area contributed by atoms with Crippen molar-refractivity contribution in [3.63, 3.8) is 0 Å². The van der Waals surface area contributed by atoms with Gasteiger partial charge in [-0.05, 0) is 6.42 Å². The summed E-state index contributed by atoms with van der Waals surface area (Å²) < 4.78 is 47.2. The fraction of sp³-hybridized carbons (Fsp3) is 1.00. The Morgan fingerprint density at radius 3 is 1.80 bits per heavy atom. The second-order valence-electron chi connectivity index (χ2n) is 2.25. The molecular weight excluding hydrogens is 148 g/mol. The number of rotatable bonds is 2. The molecule has 0 spiro atoms. The van der Waals surface area contributed by atoms with Crippen LogP contribution < -0.4 is 0 Å². The zero-order valence-corrected chi connectivity index (χ0v) is 5.87. The van der Waals surface area contributed by atoms with Crippen LogP contribution in [-0.4, -0.2) is 12.3 Å². The molecule has 0 saturated carbocycles. The van der Waals surface area contributed by atoms with Crippen LogP contribution in [0.1, 0.15) is 20.3 Å². The van der Waals surface area contributed by atoms with E-state index in [1.165, 1.54) is 6.92 Å². The van der Waals surface area contributed by atoms with Crippen LogP contribution in [0.25, 0.3) is 0 Å². The fourth-order valence-corrected chi connectivity index (χ4v) is 0.559. The standard InChI is InChI=1S/C6H10F4/c1-3-5(7)4(2)6(8,9)10/h4-5H,3H2,1-2H3. The van der Waals surface area contributed by atoms with Crippen LogP contribution >= 0.6 is 0 Å². The van der Waals surface area contributed by atoms with E-state index < -0.39 is 18.3 Å². The molecule has 0 radical (unpaired) electrons. The number of halogens is 4. The SMILES string of the molecule is CCC(F)C(C)C(F)(F)F. The van der Waals surface area contributed by atoms with E-state index in [9.17, 15) is 17.6 Å². The van der Waals surface area contributed by atoms with Gasteiger partial charge in [-0.2, -0.15) is 13.2 Å². The zero-order chi connectivity index (χ0) is 8.36. The maximum Gasteiger partial charge on any atom is 0.394 e. The van der Waals surface area contributed by atoms with Gasteiger partial charge >= 0.3 is 6.18 Å². The van der Waals surface area contributed by atoms with E-state index in [0.717, 1.165) is 6.92 Å². The summed E-state index contributed by atoms with van der Waals surface area (Å²) in [4.78, 5) is 0. The van der Waals surface area contributed by atoms with Crippen LogP contribution in [0.15, 0.2) is 0 Å². The third kappa shape index (κ3) is 2.54. The molecule has 0 rings (SSSR count). The monoisotopic (exact) mass is 158 g/mol. The van der Waals surface area contributed by atoms with Crippen molar-refractivity contribution in [3.05, 3.63) is 0 Å². The Hall–Kier alpha value is -0.280. The van der Waals surface area contributed by atoms with E-state index in [1.807, 2.05) is 0 Å². The van der Waals surface area contributed by atoms with Gasteiger partial charge in [0.25, 0.3) is 0 Å². The second-order valence-corrected chi connectivity index (χ2v) is 2.25. The van der Waals surface area contributed by atoms with Crippen molar-refractivity contribution in [1.82, 2.24) is 0 Å². The lowest BCUT2D eigenvalue weighted by Crippen LogP contribution is -2.28. The van der Waals surface area contributed by atoms with Crippen LogP contribution in [0, 0.1) is 5.92 Å². The molecular formula is C6H10F4. The van der Waals surface area contributed by atoms with Crippen LogP contribution in [-0.2, 0) is 0 Å². The third-order valence-electron chi connectivity index (χ3n) is 1.45. The zero-order valence-electron chi connectivity index (χ0n) is 5.87. The predicted octanol–water partition coefficient (Wildman–Crippen LogP) is 2.93. The highest BCUT2D eigenvalue weighted by molar-refractivity contribution is 4.69. The average molecular weight is 158 g/mol. The summed E-state index contributed by atoms with van der Waals surface area (Å²) in [5.41, 5.74) is 0. The van der Waals surface area contributed by atoms with Gasteiger partial charge in [0.15, 0.2) is 0 Å². The van der Waals surface area contributed by atoms with Crippen LogP contribution in [0.3, 0.4) is 0 Å². The van der Waals surface area contributed by atoms with Crippen molar-refractivity contribution in [2.75, 3.05) is 0 Å². The molecule has 0 aliphatic heterocycles. The van der Waals surface area contributed by atoms with Gasteiger partial charge in [0.2, 0.25) is 0 Å². The first kappa shape index (κ1) is 9.72. The third-order valence-corrected chi connectivity index (χ3v) is 1.45. The molecule has 4 heteroatoms. The fourth-order valence-electron chi connectivity index (χ4n) is 0.559. The van der Waals surface area contributed by atoms with Crippen LogP contribution in [0.2, 0.25) is 0 Å². The maximum atomic E-state index is 12.3. The van der Waals surface area contributed by atoms with Crippen LogP contribution in [0.4, 0.5) is 17.6 Å². The quantitative estimate of drug-likeness (QED) is 0.542. The molecule has 62 valence electrons. The molecule has 0 heterocycles. The molecule has 0 aliphatic rings. The van der Waals surface area contributed by atoms with Gasteiger partial charge in [0, 0.05) is 0 Å². The average Bonchev–Trinajstić information content (AvgIpc) is 1.83. The first-order valence-electron chi connectivity index (χ1n) is 3.10. The Bertz CT molecular complexity index is 96.4. The molecule has 0 bridgehead atoms. The molecule has 0 N–H and O–H groups in total. The van der Waals surface area contributed by atoms with E-state index in [0.29, 0.717) is 0 Å². The van der Waals surface area contributed by atoms with Crippen molar-refractivity contribution < 1.29 is 17.6 Å². The Balaban J connectivity index is 3.94. The summed E-state index contributed by atoms with van der Waals surface area (Å²) in [6, 6.07) is 0. The van der Waals surface area contributed by atoms with Gasteiger partial charge in [0.1, 0.15) is 6.17 Å². The normalized spacial score (nSPS) is 18.6. The van der Waals surface area contributed by atoms with Gasteiger partial charge in [-0.3, -0.25) is 0 Å². The summed E-state index contributed by atoms with van der Waals surface area (Å²) in [6.45, 7) is 2.25. The molecule has 0 aromatic carbocycles. The lowest BCUT2D eigenvalue weighted by molar-refractivity contribution is -0.185. The molecule has 0 aliphatic carbocycles. The number of hydrogen-bond donors (Lipinski definition) is 0. The van der Waals surface area contributed by atoms with Crippen molar-refractivity contribution in [3.8, 4) is 0 Å². The van der Waals surface area contributed by atoms with Gasteiger partial charge in [-0.15, -0.1) is 0 Å². The molecule has 2 atom stereocenters. The van der Waals surface area contributed by atoms with Crippen LogP contribution in [0.5, 0.6) is 0 Å². The van der Waals surface area contributed by atoms with E-state index in [4.69, 9.17) is 0 Å². The van der Waals surface area contributed by atoms with Gasteiger partial charge in [0.05, 0.1) is 5.92 Å². The van der Waals surface area contributed by atoms with Gasteiger partial charge in [-0.25, -0.2) is 4.39 Å². The Morgan fingerprint density at radius 2 is 1.70 bits per heavy atom. The molecule has 0 aromatic rings. The Kier molecular flexibility index (Phi) is 3.12. The largest absolute Gasteiger partial charge is 0.394 e. The second kappa shape index (κ2) is 3.21. The summed E-state index contributed by atoms with van der Waals surface area (Å²) in [7, 11) is 0. The summed E-state index contributed by atoms with van der Waals surface area (Å²) in [6.07, 6.45) is -6.24. The molecule has 0 nitrogen and oxygen atoms in total. The lowest BCUT2D eigenvalue weighted by atomic mass is 10.0. The minimum atomic E-state index is -4.39. The molecule has 0 amide bonds. The highest BCUT2D eigenvalue weighted by Gasteiger charge is 2.40. The molecule has 10 heavy (non-hydrogen) atoms. The van der Waals surface area contributed by atoms with E-state index in [2.05, 4.69) is 0 Å². The first-order chi connectivity index (χ1) is 4.39. The summed E-state index contributed by atoms with van der Waals surface area (Å²) in [5.74, 6) is -1.84. The molecule has 0 fully saturated rings. The predicted molar refractivity (Wildman–Crippen MR) is 30.4 cm³/mol. The van der Waals surface area contributed by atoms with E-state index in [1.54, 1.807) is 0 Å². The molecule has 0 aromatic heterocycles. The first-order valence-corrected chi connectivity index (χ1v) is 3.10. The van der Waals surface area contributed by atoms with Gasteiger partial charge in [-0.1, -0.05) is 13.8 Å². The number of hydrogen-bond acceptors (Lipinski definition) is 0. The Labute approximate surface area is 57.2 Å². The molecule has 2 unspecified atom stereocenters. The minimum Gasteiger partial charge on any atom is -0.247 e.